The molecule has 3 unspecified atom stereocenters. The van der Waals surface area contributed by atoms with Gasteiger partial charge in [-0.25, -0.2) is 9.59 Å². The predicted molar refractivity (Wildman–Crippen MR) is 104 cm³/mol. The number of rotatable bonds is 12. The van der Waals surface area contributed by atoms with Crippen molar-refractivity contribution in [1.82, 2.24) is 5.32 Å². The number of aliphatic hydroxyl groups excluding tert-OH is 3. The first-order valence-electron chi connectivity index (χ1n) is 11.4. The van der Waals surface area contributed by atoms with Crippen LogP contribution in [-0.2, 0) is 20.7 Å². The summed E-state index contributed by atoms with van der Waals surface area (Å²) in [5, 5.41) is 44.8. The summed E-state index contributed by atoms with van der Waals surface area (Å²) in [4.78, 5) is 19.5. The lowest BCUT2D eigenvalue weighted by Gasteiger charge is -2.15. The molecule has 0 aliphatic rings. The largest absolute Gasteiger partial charge is 0.491 e. The molecular weight excluding hydrogens is 386 g/mol. The lowest BCUT2D eigenvalue weighted by Crippen LogP contribution is -2.39. The van der Waals surface area contributed by atoms with Gasteiger partial charge in [-0.3, -0.25) is 0 Å². The van der Waals surface area contributed by atoms with Crippen LogP contribution in [0.15, 0.2) is 24.3 Å². The van der Waals surface area contributed by atoms with E-state index in [9.17, 15) is 14.7 Å². The van der Waals surface area contributed by atoms with Crippen LogP contribution in [0.5, 0.6) is 5.75 Å². The minimum Gasteiger partial charge on any atom is -0.491 e. The van der Waals surface area contributed by atoms with Crippen molar-refractivity contribution in [3.8, 4) is 5.75 Å². The fraction of sp³-hybridized carbons (Fsp3) is 0.579. The molecule has 0 aliphatic heterocycles. The Balaban J connectivity index is 0.000000972. The topological polar surface area (TPSA) is 166 Å². The third-order valence-electron chi connectivity index (χ3n) is 3.32. The van der Waals surface area contributed by atoms with Crippen molar-refractivity contribution in [3.05, 3.63) is 29.8 Å². The van der Waals surface area contributed by atoms with Gasteiger partial charge in [0, 0.05) is 27.9 Å². The molecule has 0 fully saturated rings. The van der Waals surface area contributed by atoms with E-state index >= 15 is 0 Å². The summed E-state index contributed by atoms with van der Waals surface area (Å²) in [6.07, 6.45) is -4.79. The highest BCUT2D eigenvalue weighted by Gasteiger charge is 2.29. The summed E-state index contributed by atoms with van der Waals surface area (Å²) < 4.78 is 54.1. The molecule has 0 saturated carbocycles. The summed E-state index contributed by atoms with van der Waals surface area (Å²) in [5.74, 6) is -2.98. The standard InChI is InChI=1S/C15H25NO3.C4H6O6/c1-12(2)16-10-14(17)11-19-15-6-4-13(5-7-15)8-9-18-3;5-1(3(7)8)2(6)4(9)10/h4-7,12,14,16-17H,8-11H2,1-3H3;1-2,5-6H,(H,7,8)(H,9,10)/i1D3,2D3;. The zero-order valence-electron chi connectivity index (χ0n) is 21.8. The minimum absolute atomic E-state index is 0.0842. The van der Waals surface area contributed by atoms with Gasteiger partial charge in [-0.15, -0.1) is 0 Å². The van der Waals surface area contributed by atoms with Gasteiger partial charge in [0.1, 0.15) is 18.5 Å². The number of methoxy groups -OCH3 is 1. The molecule has 1 aromatic carbocycles. The summed E-state index contributed by atoms with van der Waals surface area (Å²) in [5.41, 5.74) is 1.09. The zero-order valence-corrected chi connectivity index (χ0v) is 15.8. The molecule has 10 heteroatoms. The van der Waals surface area contributed by atoms with E-state index in [0.717, 1.165) is 12.0 Å². The van der Waals surface area contributed by atoms with E-state index in [4.69, 9.17) is 38.1 Å². The number of carboxylic acids is 2. The molecule has 3 atom stereocenters. The Bertz CT molecular complexity index is 742. The van der Waals surface area contributed by atoms with Crippen LogP contribution in [0.2, 0.25) is 0 Å². The summed E-state index contributed by atoms with van der Waals surface area (Å²) in [7, 11) is 1.63. The molecule has 0 saturated heterocycles. The van der Waals surface area contributed by atoms with E-state index in [1.54, 1.807) is 19.2 Å². The normalized spacial score (nSPS) is 17.7. The van der Waals surface area contributed by atoms with Crippen molar-refractivity contribution in [2.75, 3.05) is 26.9 Å². The smallest absolute Gasteiger partial charge is 0.335 e. The van der Waals surface area contributed by atoms with Crippen LogP contribution in [0.1, 0.15) is 27.5 Å². The van der Waals surface area contributed by atoms with Crippen molar-refractivity contribution in [2.24, 2.45) is 0 Å². The van der Waals surface area contributed by atoms with E-state index in [-0.39, 0.29) is 13.2 Å². The number of carboxylic acid groups (broad SMARTS) is 2. The average molecular weight is 423 g/mol. The molecule has 0 heterocycles. The number of aliphatic hydroxyl groups is 3. The Morgan fingerprint density at radius 2 is 1.62 bits per heavy atom. The molecule has 1 aromatic rings. The molecule has 0 aromatic heterocycles. The van der Waals surface area contributed by atoms with Gasteiger partial charge in [0.2, 0.25) is 0 Å². The number of hydrogen-bond acceptors (Lipinski definition) is 8. The molecule has 1 rings (SSSR count). The van der Waals surface area contributed by atoms with Crippen LogP contribution >= 0.6 is 0 Å². The van der Waals surface area contributed by atoms with E-state index < -0.39 is 50.0 Å². The van der Waals surface area contributed by atoms with E-state index in [1.807, 2.05) is 12.1 Å². The summed E-state index contributed by atoms with van der Waals surface area (Å²) >= 11 is 0. The van der Waals surface area contributed by atoms with Gasteiger partial charge in [0.25, 0.3) is 0 Å². The first-order chi connectivity index (χ1) is 16.0. The van der Waals surface area contributed by atoms with Gasteiger partial charge in [0.15, 0.2) is 12.2 Å². The van der Waals surface area contributed by atoms with Crippen molar-refractivity contribution in [2.45, 2.75) is 44.5 Å². The number of aliphatic carboxylic acids is 2. The molecule has 0 radical (unpaired) electrons. The van der Waals surface area contributed by atoms with Crippen LogP contribution in [0.4, 0.5) is 0 Å². The van der Waals surface area contributed by atoms with Gasteiger partial charge in [-0.2, -0.15) is 0 Å². The Morgan fingerprint density at radius 3 is 2.07 bits per heavy atom. The monoisotopic (exact) mass is 423 g/mol. The molecule has 6 N–H and O–H groups in total. The van der Waals surface area contributed by atoms with E-state index in [1.165, 1.54) is 0 Å². The Labute approximate surface area is 178 Å². The van der Waals surface area contributed by atoms with Gasteiger partial charge in [0.05, 0.1) is 6.61 Å². The van der Waals surface area contributed by atoms with Gasteiger partial charge >= 0.3 is 11.9 Å². The summed E-state index contributed by atoms with van der Waals surface area (Å²) in [6, 6.07) is 5.60. The second-order valence-electron chi connectivity index (χ2n) is 5.76. The maximum Gasteiger partial charge on any atom is 0.335 e. The molecule has 0 aliphatic carbocycles. The second-order valence-corrected chi connectivity index (χ2v) is 5.76. The Hall–Kier alpha value is -2.24. The number of ether oxygens (including phenoxy) is 2. The first kappa shape index (κ1) is 17.6. The van der Waals surface area contributed by atoms with Crippen LogP contribution in [0.3, 0.4) is 0 Å². The molecular formula is C19H31NO9. The van der Waals surface area contributed by atoms with Gasteiger partial charge in [-0.1, -0.05) is 25.8 Å². The fourth-order valence-corrected chi connectivity index (χ4v) is 1.75. The third-order valence-corrected chi connectivity index (χ3v) is 3.32. The molecule has 0 bridgehead atoms. The lowest BCUT2D eigenvalue weighted by molar-refractivity contribution is -0.165. The van der Waals surface area contributed by atoms with Crippen molar-refractivity contribution >= 4 is 11.9 Å². The average Bonchev–Trinajstić information content (AvgIpc) is 2.74. The summed E-state index contributed by atoms with van der Waals surface area (Å²) in [6.45, 7) is -5.04. The highest BCUT2D eigenvalue weighted by molar-refractivity contribution is 5.83. The molecule has 166 valence electrons. The van der Waals surface area contributed by atoms with Gasteiger partial charge in [-0.05, 0) is 24.1 Å². The first-order valence-corrected chi connectivity index (χ1v) is 8.44. The third kappa shape index (κ3) is 12.8. The van der Waals surface area contributed by atoms with Crippen molar-refractivity contribution in [1.29, 1.82) is 0 Å². The number of nitrogens with one attached hydrogen (secondary N) is 1. The number of benzene rings is 1. The zero-order chi connectivity index (χ0) is 27.4. The molecule has 0 spiro atoms. The second kappa shape index (κ2) is 14.7. The lowest BCUT2D eigenvalue weighted by atomic mass is 10.1. The number of carbonyl (C=O) groups is 2. The fourth-order valence-electron chi connectivity index (χ4n) is 1.75. The Kier molecular flexibility index (Phi) is 8.93. The number of hydrogen-bond donors (Lipinski definition) is 6. The van der Waals surface area contributed by atoms with E-state index in [2.05, 4.69) is 5.32 Å². The molecule has 10 nitrogen and oxygen atoms in total. The minimum atomic E-state index is -2.69. The van der Waals surface area contributed by atoms with Crippen molar-refractivity contribution < 1.29 is 52.8 Å². The highest BCUT2D eigenvalue weighted by Crippen LogP contribution is 2.12. The predicted octanol–water partition coefficient (Wildman–Crippen LogP) is -0.509. The van der Waals surface area contributed by atoms with E-state index in [0.29, 0.717) is 12.4 Å². The van der Waals surface area contributed by atoms with Crippen molar-refractivity contribution in [3.63, 3.8) is 0 Å². The Morgan fingerprint density at radius 1 is 1.07 bits per heavy atom. The maximum atomic E-state index is 9.89. The highest BCUT2D eigenvalue weighted by atomic mass is 16.5. The van der Waals surface area contributed by atoms with Crippen LogP contribution in [-0.4, -0.2) is 88.7 Å². The van der Waals surface area contributed by atoms with Gasteiger partial charge < -0.3 is 40.3 Å². The SMILES string of the molecule is O=C(O)C(O)C(O)C(=O)O.[2H]C([2H])([2H])C(NCC(O)COc1ccc(CCOC)cc1)C([2H])([2H])[2H]. The quantitative estimate of drug-likeness (QED) is 0.258. The molecule has 29 heavy (non-hydrogen) atoms. The van der Waals surface area contributed by atoms with Crippen LogP contribution in [0, 0.1) is 0 Å². The molecule has 0 amide bonds. The van der Waals surface area contributed by atoms with Crippen LogP contribution < -0.4 is 10.1 Å². The maximum absolute atomic E-state index is 9.89. The van der Waals surface area contributed by atoms with Crippen LogP contribution in [0.25, 0.3) is 0 Å².